The molecule has 0 saturated heterocycles. The van der Waals surface area contributed by atoms with E-state index in [9.17, 15) is 5.11 Å². The van der Waals surface area contributed by atoms with Gasteiger partial charge in [-0.3, -0.25) is 0 Å². The molecule has 0 saturated carbocycles. The summed E-state index contributed by atoms with van der Waals surface area (Å²) in [6, 6.07) is 0. The number of hydrogen-bond donors (Lipinski definition) is 1. The number of aliphatic hydroxyl groups is 1. The van der Waals surface area contributed by atoms with Gasteiger partial charge in [-0.05, 0) is 18.8 Å². The van der Waals surface area contributed by atoms with Gasteiger partial charge in [0.1, 0.15) is 0 Å². The van der Waals surface area contributed by atoms with Crippen molar-refractivity contribution < 1.29 is 9.84 Å². The van der Waals surface area contributed by atoms with Gasteiger partial charge in [-0.15, -0.1) is 0 Å². The van der Waals surface area contributed by atoms with Crippen molar-refractivity contribution in [3.05, 3.63) is 0 Å². The van der Waals surface area contributed by atoms with Gasteiger partial charge in [0.05, 0.1) is 6.61 Å². The molecule has 1 atom stereocenters. The first-order valence-electron chi connectivity index (χ1n) is 4.91. The monoisotopic (exact) mass is 174 g/mol. The van der Waals surface area contributed by atoms with Crippen LogP contribution in [0.1, 0.15) is 40.5 Å². The average Bonchev–Trinajstić information content (AvgIpc) is 2.03. The Morgan fingerprint density at radius 3 is 2.00 bits per heavy atom. The molecule has 0 aromatic carbocycles. The van der Waals surface area contributed by atoms with Crippen LogP contribution in [0.25, 0.3) is 0 Å². The Balaban J connectivity index is 3.61. The summed E-state index contributed by atoms with van der Waals surface area (Å²) in [5.74, 6) is 0.790. The van der Waals surface area contributed by atoms with Crippen LogP contribution in [-0.2, 0) is 4.74 Å². The van der Waals surface area contributed by atoms with E-state index in [1.165, 1.54) is 0 Å². The molecule has 0 heterocycles. The minimum absolute atomic E-state index is 0.295. The molecule has 74 valence electrons. The van der Waals surface area contributed by atoms with E-state index in [-0.39, 0.29) is 0 Å². The van der Waals surface area contributed by atoms with Crippen molar-refractivity contribution in [1.82, 2.24) is 0 Å². The lowest BCUT2D eigenvalue weighted by molar-refractivity contribution is -0.141. The molecule has 0 rings (SSSR count). The molecule has 1 N–H and O–H groups in total. The molecule has 0 radical (unpaired) electrons. The zero-order valence-corrected chi connectivity index (χ0v) is 8.71. The molecule has 0 fully saturated rings. The van der Waals surface area contributed by atoms with Crippen molar-refractivity contribution in [3.8, 4) is 0 Å². The molecule has 12 heavy (non-hydrogen) atoms. The fourth-order valence-corrected chi connectivity index (χ4v) is 1.12. The first kappa shape index (κ1) is 11.9. The number of ether oxygens (including phenoxy) is 1. The lowest BCUT2D eigenvalue weighted by Gasteiger charge is -2.21. The third-order valence-electron chi connectivity index (χ3n) is 2.05. The highest BCUT2D eigenvalue weighted by atomic mass is 16.6. The Morgan fingerprint density at radius 2 is 1.67 bits per heavy atom. The Hall–Kier alpha value is -0.0800. The van der Waals surface area contributed by atoms with Crippen molar-refractivity contribution in [2.24, 2.45) is 11.8 Å². The van der Waals surface area contributed by atoms with E-state index in [0.29, 0.717) is 18.4 Å². The molecular formula is C10H22O2. The summed E-state index contributed by atoms with van der Waals surface area (Å²) in [6.45, 7) is 8.98. The van der Waals surface area contributed by atoms with Crippen molar-refractivity contribution in [2.45, 2.75) is 46.8 Å². The van der Waals surface area contributed by atoms with E-state index in [1.54, 1.807) is 0 Å². The van der Waals surface area contributed by atoms with Crippen LogP contribution in [0.15, 0.2) is 0 Å². The second-order valence-electron chi connectivity index (χ2n) is 3.69. The van der Waals surface area contributed by atoms with Gasteiger partial charge >= 0.3 is 0 Å². The summed E-state index contributed by atoms with van der Waals surface area (Å²) >= 11 is 0. The summed E-state index contributed by atoms with van der Waals surface area (Å²) in [4.78, 5) is 0. The van der Waals surface area contributed by atoms with Crippen LogP contribution in [-0.4, -0.2) is 18.0 Å². The smallest absolute Gasteiger partial charge is 0.157 e. The van der Waals surface area contributed by atoms with Crippen molar-refractivity contribution in [2.75, 3.05) is 6.61 Å². The predicted octanol–water partition coefficient (Wildman–Crippen LogP) is 2.41. The lowest BCUT2D eigenvalue weighted by atomic mass is 10.0. The van der Waals surface area contributed by atoms with Crippen LogP contribution < -0.4 is 0 Å². The van der Waals surface area contributed by atoms with Crippen molar-refractivity contribution in [1.29, 1.82) is 0 Å². The van der Waals surface area contributed by atoms with Crippen LogP contribution >= 0.6 is 0 Å². The third-order valence-corrected chi connectivity index (χ3v) is 2.05. The Bertz CT molecular complexity index is 98.0. The molecular weight excluding hydrogens is 152 g/mol. The molecule has 2 heteroatoms. The quantitative estimate of drug-likeness (QED) is 0.627. The Labute approximate surface area is 75.9 Å². The largest absolute Gasteiger partial charge is 0.368 e. The maximum atomic E-state index is 9.54. The van der Waals surface area contributed by atoms with E-state index in [2.05, 4.69) is 27.7 Å². The van der Waals surface area contributed by atoms with Gasteiger partial charge in [-0.2, -0.15) is 0 Å². The maximum absolute atomic E-state index is 9.54. The van der Waals surface area contributed by atoms with E-state index in [4.69, 9.17) is 4.74 Å². The van der Waals surface area contributed by atoms with Gasteiger partial charge in [0.25, 0.3) is 0 Å². The molecule has 0 aliphatic heterocycles. The molecule has 0 aromatic heterocycles. The summed E-state index contributed by atoms with van der Waals surface area (Å²) < 4.78 is 5.30. The predicted molar refractivity (Wildman–Crippen MR) is 50.9 cm³/mol. The van der Waals surface area contributed by atoms with E-state index in [0.717, 1.165) is 12.8 Å². The van der Waals surface area contributed by atoms with Gasteiger partial charge in [-0.25, -0.2) is 0 Å². The van der Waals surface area contributed by atoms with Crippen molar-refractivity contribution >= 4 is 0 Å². The fourth-order valence-electron chi connectivity index (χ4n) is 1.12. The maximum Gasteiger partial charge on any atom is 0.157 e. The number of hydrogen-bond acceptors (Lipinski definition) is 2. The minimum Gasteiger partial charge on any atom is -0.368 e. The summed E-state index contributed by atoms with van der Waals surface area (Å²) in [7, 11) is 0. The SMILES string of the molecule is CCC(CC)C(O)OCC(C)C. The van der Waals surface area contributed by atoms with E-state index >= 15 is 0 Å². The highest BCUT2D eigenvalue weighted by molar-refractivity contribution is 4.57. The van der Waals surface area contributed by atoms with E-state index in [1.807, 2.05) is 0 Å². The minimum atomic E-state index is -0.567. The second-order valence-corrected chi connectivity index (χ2v) is 3.69. The first-order chi connectivity index (χ1) is 5.61. The highest BCUT2D eigenvalue weighted by Gasteiger charge is 2.15. The van der Waals surface area contributed by atoms with Gasteiger partial charge < -0.3 is 9.84 Å². The number of aliphatic hydroxyl groups excluding tert-OH is 1. The molecule has 0 spiro atoms. The van der Waals surface area contributed by atoms with E-state index < -0.39 is 6.29 Å². The fraction of sp³-hybridized carbons (Fsp3) is 1.00. The summed E-state index contributed by atoms with van der Waals surface area (Å²) in [5.41, 5.74) is 0. The first-order valence-corrected chi connectivity index (χ1v) is 4.91. The molecule has 0 bridgehead atoms. The van der Waals surface area contributed by atoms with Gasteiger partial charge in [0.15, 0.2) is 6.29 Å². The standard InChI is InChI=1S/C10H22O2/c1-5-9(6-2)10(11)12-7-8(3)4/h8-11H,5-7H2,1-4H3. The van der Waals surface area contributed by atoms with Gasteiger partial charge in [-0.1, -0.05) is 27.7 Å². The van der Waals surface area contributed by atoms with Crippen LogP contribution in [0.2, 0.25) is 0 Å². The molecule has 0 aliphatic carbocycles. The van der Waals surface area contributed by atoms with Crippen LogP contribution in [0, 0.1) is 11.8 Å². The Kier molecular flexibility index (Phi) is 6.39. The zero-order valence-electron chi connectivity index (χ0n) is 8.71. The highest BCUT2D eigenvalue weighted by Crippen LogP contribution is 2.14. The van der Waals surface area contributed by atoms with Crippen LogP contribution in [0.3, 0.4) is 0 Å². The Morgan fingerprint density at radius 1 is 1.17 bits per heavy atom. The van der Waals surface area contributed by atoms with Gasteiger partial charge in [0, 0.05) is 5.92 Å². The van der Waals surface area contributed by atoms with Crippen LogP contribution in [0.5, 0.6) is 0 Å². The summed E-state index contributed by atoms with van der Waals surface area (Å²) in [6.07, 6.45) is 1.40. The third kappa shape index (κ3) is 4.73. The average molecular weight is 174 g/mol. The van der Waals surface area contributed by atoms with Crippen LogP contribution in [0.4, 0.5) is 0 Å². The summed E-state index contributed by atoms with van der Waals surface area (Å²) in [5, 5.41) is 9.54. The molecule has 0 aliphatic rings. The molecule has 0 amide bonds. The number of rotatable bonds is 6. The normalized spacial score (nSPS) is 14.2. The molecule has 1 unspecified atom stereocenters. The second kappa shape index (κ2) is 6.44. The topological polar surface area (TPSA) is 29.5 Å². The van der Waals surface area contributed by atoms with Crippen molar-refractivity contribution in [3.63, 3.8) is 0 Å². The molecule has 0 aromatic rings. The molecule has 2 nitrogen and oxygen atoms in total. The van der Waals surface area contributed by atoms with Gasteiger partial charge in [0.2, 0.25) is 0 Å². The lowest BCUT2D eigenvalue weighted by Crippen LogP contribution is -2.24. The zero-order chi connectivity index (χ0) is 9.56.